The molecule has 2 aromatic heterocycles. The highest BCUT2D eigenvalue weighted by atomic mass is 127. The monoisotopic (exact) mass is 417 g/mol. The van der Waals surface area contributed by atoms with Crippen LogP contribution < -0.4 is 10.6 Å². The van der Waals surface area contributed by atoms with Crippen LogP contribution in [-0.2, 0) is 11.3 Å². The molecule has 0 amide bonds. The van der Waals surface area contributed by atoms with Crippen LogP contribution in [0.5, 0.6) is 0 Å². The van der Waals surface area contributed by atoms with E-state index in [4.69, 9.17) is 4.74 Å². The van der Waals surface area contributed by atoms with Gasteiger partial charge in [-0.15, -0.1) is 24.0 Å². The minimum atomic E-state index is 0. The van der Waals surface area contributed by atoms with Gasteiger partial charge < -0.3 is 19.8 Å². The summed E-state index contributed by atoms with van der Waals surface area (Å²) < 4.78 is 7.10. The smallest absolute Gasteiger partial charge is 0.191 e. The SMILES string of the molecule is CCNC(=NCc1cn2c(C)cccc2n1)NCCOC.I. The van der Waals surface area contributed by atoms with Crippen molar-refractivity contribution < 1.29 is 4.74 Å². The summed E-state index contributed by atoms with van der Waals surface area (Å²) in [5, 5.41) is 6.42. The molecule has 7 heteroatoms. The maximum Gasteiger partial charge on any atom is 0.191 e. The molecule has 6 nitrogen and oxygen atoms in total. The van der Waals surface area contributed by atoms with Gasteiger partial charge in [0.15, 0.2) is 5.96 Å². The van der Waals surface area contributed by atoms with Gasteiger partial charge in [-0.05, 0) is 26.0 Å². The summed E-state index contributed by atoms with van der Waals surface area (Å²) in [5.74, 6) is 0.781. The highest BCUT2D eigenvalue weighted by Gasteiger charge is 2.03. The van der Waals surface area contributed by atoms with Crippen LogP contribution in [0, 0.1) is 6.92 Å². The number of pyridine rings is 1. The van der Waals surface area contributed by atoms with E-state index in [-0.39, 0.29) is 24.0 Å². The van der Waals surface area contributed by atoms with Gasteiger partial charge in [0, 0.05) is 32.1 Å². The Morgan fingerprint density at radius 2 is 2.18 bits per heavy atom. The zero-order valence-corrected chi connectivity index (χ0v) is 15.6. The number of methoxy groups -OCH3 is 1. The van der Waals surface area contributed by atoms with E-state index in [1.54, 1.807) is 7.11 Å². The fourth-order valence-electron chi connectivity index (χ4n) is 2.05. The van der Waals surface area contributed by atoms with E-state index in [2.05, 4.69) is 38.0 Å². The van der Waals surface area contributed by atoms with Gasteiger partial charge in [0.05, 0.1) is 18.8 Å². The third kappa shape index (κ3) is 5.13. The van der Waals surface area contributed by atoms with Gasteiger partial charge in [-0.2, -0.15) is 0 Å². The van der Waals surface area contributed by atoms with Gasteiger partial charge in [-0.25, -0.2) is 9.98 Å². The average molecular weight is 417 g/mol. The number of hydrogen-bond donors (Lipinski definition) is 2. The maximum atomic E-state index is 5.03. The van der Waals surface area contributed by atoms with Gasteiger partial charge >= 0.3 is 0 Å². The minimum absolute atomic E-state index is 0. The summed E-state index contributed by atoms with van der Waals surface area (Å²) in [6, 6.07) is 6.08. The number of halogens is 1. The second-order valence-electron chi connectivity index (χ2n) is 4.74. The highest BCUT2D eigenvalue weighted by molar-refractivity contribution is 14.0. The molecule has 0 aliphatic rings. The Bertz CT molecular complexity index is 611. The normalized spacial score (nSPS) is 11.3. The second kappa shape index (κ2) is 9.62. The van der Waals surface area contributed by atoms with Crippen LogP contribution in [0.4, 0.5) is 0 Å². The number of imidazole rings is 1. The molecule has 0 aromatic carbocycles. The number of aliphatic imine (C=N–C) groups is 1. The topological polar surface area (TPSA) is 63.0 Å². The third-order valence-corrected chi connectivity index (χ3v) is 3.09. The number of hydrogen-bond acceptors (Lipinski definition) is 3. The van der Waals surface area contributed by atoms with E-state index in [0.29, 0.717) is 13.2 Å². The lowest BCUT2D eigenvalue weighted by Crippen LogP contribution is -2.38. The summed E-state index contributed by atoms with van der Waals surface area (Å²) in [6.07, 6.45) is 2.03. The van der Waals surface area contributed by atoms with Crippen molar-refractivity contribution in [2.45, 2.75) is 20.4 Å². The van der Waals surface area contributed by atoms with E-state index in [1.807, 2.05) is 25.3 Å². The molecule has 0 aliphatic carbocycles. The first kappa shape index (κ1) is 18.7. The zero-order valence-electron chi connectivity index (χ0n) is 13.3. The van der Waals surface area contributed by atoms with Crippen molar-refractivity contribution >= 4 is 35.6 Å². The molecule has 0 spiro atoms. The van der Waals surface area contributed by atoms with Crippen LogP contribution in [0.15, 0.2) is 29.4 Å². The van der Waals surface area contributed by atoms with Crippen molar-refractivity contribution in [1.29, 1.82) is 0 Å². The summed E-state index contributed by atoms with van der Waals surface area (Å²) in [4.78, 5) is 9.12. The molecular weight excluding hydrogens is 393 g/mol. The fraction of sp³-hybridized carbons (Fsp3) is 0.467. The number of aromatic nitrogens is 2. The van der Waals surface area contributed by atoms with Crippen molar-refractivity contribution in [3.8, 4) is 0 Å². The van der Waals surface area contributed by atoms with Gasteiger partial charge in [-0.3, -0.25) is 0 Å². The van der Waals surface area contributed by atoms with Crippen LogP contribution in [0.3, 0.4) is 0 Å². The molecule has 2 heterocycles. The molecule has 0 saturated heterocycles. The first-order valence-electron chi connectivity index (χ1n) is 7.19. The Balaban J connectivity index is 0.00000242. The van der Waals surface area contributed by atoms with Crippen LogP contribution in [0.1, 0.15) is 18.3 Å². The van der Waals surface area contributed by atoms with Gasteiger partial charge in [0.25, 0.3) is 0 Å². The Kier molecular flexibility index (Phi) is 8.18. The third-order valence-electron chi connectivity index (χ3n) is 3.09. The van der Waals surface area contributed by atoms with E-state index >= 15 is 0 Å². The second-order valence-corrected chi connectivity index (χ2v) is 4.74. The van der Waals surface area contributed by atoms with E-state index in [9.17, 15) is 0 Å². The quantitative estimate of drug-likeness (QED) is 0.327. The molecule has 22 heavy (non-hydrogen) atoms. The highest BCUT2D eigenvalue weighted by Crippen LogP contribution is 2.09. The van der Waals surface area contributed by atoms with Crippen molar-refractivity contribution in [3.63, 3.8) is 0 Å². The number of fused-ring (bicyclic) bond motifs is 1. The van der Waals surface area contributed by atoms with Crippen LogP contribution in [-0.4, -0.2) is 42.2 Å². The molecular formula is C15H24IN5O. The number of nitrogens with zero attached hydrogens (tertiary/aromatic N) is 3. The Labute approximate surface area is 148 Å². The van der Waals surface area contributed by atoms with Gasteiger partial charge in [0.1, 0.15) is 5.65 Å². The van der Waals surface area contributed by atoms with Gasteiger partial charge in [-0.1, -0.05) is 6.07 Å². The Morgan fingerprint density at radius 1 is 1.36 bits per heavy atom. The molecule has 2 aromatic rings. The lowest BCUT2D eigenvalue weighted by Gasteiger charge is -2.10. The van der Waals surface area contributed by atoms with Crippen LogP contribution in [0.2, 0.25) is 0 Å². The minimum Gasteiger partial charge on any atom is -0.383 e. The molecule has 2 N–H and O–H groups in total. The molecule has 122 valence electrons. The number of rotatable bonds is 6. The predicted octanol–water partition coefficient (Wildman–Crippen LogP) is 1.96. The molecule has 0 aliphatic heterocycles. The van der Waals surface area contributed by atoms with Crippen molar-refractivity contribution in [1.82, 2.24) is 20.0 Å². The Morgan fingerprint density at radius 3 is 2.86 bits per heavy atom. The van der Waals surface area contributed by atoms with E-state index in [0.717, 1.165) is 30.4 Å². The molecule has 0 unspecified atom stereocenters. The van der Waals surface area contributed by atoms with Gasteiger partial charge in [0.2, 0.25) is 0 Å². The van der Waals surface area contributed by atoms with Crippen molar-refractivity contribution in [2.24, 2.45) is 4.99 Å². The first-order valence-corrected chi connectivity index (χ1v) is 7.19. The number of guanidine groups is 1. The maximum absolute atomic E-state index is 5.03. The van der Waals surface area contributed by atoms with Crippen molar-refractivity contribution in [3.05, 3.63) is 35.8 Å². The lowest BCUT2D eigenvalue weighted by molar-refractivity contribution is 0.203. The fourth-order valence-corrected chi connectivity index (χ4v) is 2.05. The van der Waals surface area contributed by atoms with E-state index < -0.39 is 0 Å². The first-order chi connectivity index (χ1) is 10.2. The predicted molar refractivity (Wildman–Crippen MR) is 100 cm³/mol. The van der Waals surface area contributed by atoms with Crippen LogP contribution >= 0.6 is 24.0 Å². The number of ether oxygens (including phenoxy) is 1. The Hall–Kier alpha value is -1.35. The largest absolute Gasteiger partial charge is 0.383 e. The number of aryl methyl sites for hydroxylation is 1. The van der Waals surface area contributed by atoms with E-state index in [1.165, 1.54) is 5.69 Å². The van der Waals surface area contributed by atoms with Crippen LogP contribution in [0.25, 0.3) is 5.65 Å². The summed E-state index contributed by atoms with van der Waals surface area (Å²) in [5.41, 5.74) is 3.08. The molecule has 2 rings (SSSR count). The summed E-state index contributed by atoms with van der Waals surface area (Å²) >= 11 is 0. The zero-order chi connectivity index (χ0) is 15.1. The molecule has 0 saturated carbocycles. The average Bonchev–Trinajstić information content (AvgIpc) is 2.89. The lowest BCUT2D eigenvalue weighted by atomic mass is 10.4. The summed E-state index contributed by atoms with van der Waals surface area (Å²) in [7, 11) is 1.69. The molecule has 0 bridgehead atoms. The number of nitrogens with one attached hydrogen (secondary N) is 2. The van der Waals surface area contributed by atoms with Crippen molar-refractivity contribution in [2.75, 3.05) is 26.8 Å². The standard InChI is InChI=1S/C15H23N5O.HI/c1-4-16-15(17-8-9-21-3)18-10-13-11-20-12(2)6-5-7-14(20)19-13;/h5-7,11H,4,8-10H2,1-3H3,(H2,16,17,18);1H. The molecule has 0 radical (unpaired) electrons. The molecule has 0 atom stereocenters. The molecule has 0 fully saturated rings. The summed E-state index contributed by atoms with van der Waals surface area (Å²) in [6.45, 7) is 6.86.